The second kappa shape index (κ2) is 9.90. The molecule has 1 fully saturated rings. The molecule has 0 atom stereocenters. The van der Waals surface area contributed by atoms with Crippen LogP contribution >= 0.6 is 0 Å². The van der Waals surface area contributed by atoms with Crippen molar-refractivity contribution in [3.63, 3.8) is 0 Å². The summed E-state index contributed by atoms with van der Waals surface area (Å²) in [4.78, 5) is 37.8. The number of rotatable bonds is 7. The van der Waals surface area contributed by atoms with Crippen molar-refractivity contribution in [2.45, 2.75) is 6.92 Å². The number of amides is 1. The van der Waals surface area contributed by atoms with Gasteiger partial charge in [0, 0.05) is 24.7 Å². The Bertz CT molecular complexity index is 987. The van der Waals surface area contributed by atoms with E-state index < -0.39 is 16.8 Å². The fourth-order valence-electron chi connectivity index (χ4n) is 3.23. The third kappa shape index (κ3) is 5.10. The molecule has 0 bridgehead atoms. The highest BCUT2D eigenvalue weighted by atomic mass is 16.6. The van der Waals surface area contributed by atoms with E-state index in [9.17, 15) is 19.7 Å². The largest absolute Gasteiger partial charge is 0.490 e. The number of morpholine rings is 1. The Kier molecular flexibility index (Phi) is 7.03. The predicted molar refractivity (Wildman–Crippen MR) is 113 cm³/mol. The molecular formula is C21H23N3O7. The summed E-state index contributed by atoms with van der Waals surface area (Å²) in [5.41, 5.74) is 1.17. The molecule has 0 spiro atoms. The van der Waals surface area contributed by atoms with Gasteiger partial charge >= 0.3 is 11.7 Å². The van der Waals surface area contributed by atoms with E-state index >= 15 is 0 Å². The highest BCUT2D eigenvalue weighted by Crippen LogP contribution is 2.31. The van der Waals surface area contributed by atoms with Crippen molar-refractivity contribution in [2.24, 2.45) is 0 Å². The minimum absolute atomic E-state index is 0.0554. The maximum Gasteiger partial charge on any atom is 0.338 e. The zero-order valence-electron chi connectivity index (χ0n) is 17.3. The van der Waals surface area contributed by atoms with Crippen molar-refractivity contribution >= 4 is 28.9 Å². The highest BCUT2D eigenvalue weighted by Gasteiger charge is 2.22. The topological polar surface area (TPSA) is 120 Å². The molecule has 1 saturated heterocycles. The Hall–Kier alpha value is -3.66. The van der Waals surface area contributed by atoms with Gasteiger partial charge in [0.05, 0.1) is 48.8 Å². The Balaban J connectivity index is 1.94. The second-order valence-corrected chi connectivity index (χ2v) is 6.65. The molecule has 10 nitrogen and oxygen atoms in total. The molecule has 0 unspecified atom stereocenters. The van der Waals surface area contributed by atoms with Crippen LogP contribution in [0.3, 0.4) is 0 Å². The summed E-state index contributed by atoms with van der Waals surface area (Å²) in [6, 6.07) is 8.87. The van der Waals surface area contributed by atoms with Crippen LogP contribution < -0.4 is 15.0 Å². The Morgan fingerprint density at radius 2 is 1.87 bits per heavy atom. The molecule has 1 aliphatic heterocycles. The molecule has 31 heavy (non-hydrogen) atoms. The fourth-order valence-corrected chi connectivity index (χ4v) is 3.23. The van der Waals surface area contributed by atoms with Crippen LogP contribution in [0.25, 0.3) is 0 Å². The molecule has 2 aromatic carbocycles. The second-order valence-electron chi connectivity index (χ2n) is 6.65. The van der Waals surface area contributed by atoms with Crippen molar-refractivity contribution < 1.29 is 28.7 Å². The summed E-state index contributed by atoms with van der Waals surface area (Å²) in [6.07, 6.45) is 0. The first-order valence-electron chi connectivity index (χ1n) is 9.72. The number of anilines is 2. The van der Waals surface area contributed by atoms with Crippen LogP contribution in [0.15, 0.2) is 36.4 Å². The minimum Gasteiger partial charge on any atom is -0.490 e. The molecule has 10 heteroatoms. The zero-order valence-corrected chi connectivity index (χ0v) is 17.3. The van der Waals surface area contributed by atoms with E-state index in [4.69, 9.17) is 14.2 Å². The van der Waals surface area contributed by atoms with Crippen molar-refractivity contribution in [3.8, 4) is 5.75 Å². The quantitative estimate of drug-likeness (QED) is 0.405. The van der Waals surface area contributed by atoms with Gasteiger partial charge in [0.25, 0.3) is 5.91 Å². The number of hydrogen-bond donors (Lipinski definition) is 1. The lowest BCUT2D eigenvalue weighted by molar-refractivity contribution is -0.385. The van der Waals surface area contributed by atoms with Crippen LogP contribution in [-0.2, 0) is 9.47 Å². The van der Waals surface area contributed by atoms with E-state index in [0.29, 0.717) is 37.7 Å². The fraction of sp³-hybridized carbons (Fsp3) is 0.333. The van der Waals surface area contributed by atoms with Crippen molar-refractivity contribution in [1.29, 1.82) is 0 Å². The summed E-state index contributed by atoms with van der Waals surface area (Å²) in [5.74, 6) is -1.01. The summed E-state index contributed by atoms with van der Waals surface area (Å²) in [6.45, 7) is 4.25. The lowest BCUT2D eigenvalue weighted by atomic mass is 10.1. The Labute approximate surface area is 178 Å². The molecule has 0 aliphatic carbocycles. The van der Waals surface area contributed by atoms with Crippen LogP contribution in [0.4, 0.5) is 17.1 Å². The number of hydrogen-bond acceptors (Lipinski definition) is 8. The molecule has 0 aromatic heterocycles. The van der Waals surface area contributed by atoms with Crippen molar-refractivity contribution in [3.05, 3.63) is 57.6 Å². The lowest BCUT2D eigenvalue weighted by Crippen LogP contribution is -2.36. The number of benzene rings is 2. The third-order valence-electron chi connectivity index (χ3n) is 4.75. The third-order valence-corrected chi connectivity index (χ3v) is 4.75. The van der Waals surface area contributed by atoms with Gasteiger partial charge in [-0.1, -0.05) is 0 Å². The molecule has 1 heterocycles. The van der Waals surface area contributed by atoms with Gasteiger partial charge in [0.1, 0.15) is 0 Å². The maximum absolute atomic E-state index is 12.9. The molecule has 2 aromatic rings. The zero-order chi connectivity index (χ0) is 22.4. The first-order chi connectivity index (χ1) is 14.9. The molecule has 0 saturated carbocycles. The van der Waals surface area contributed by atoms with Crippen LogP contribution in [0.2, 0.25) is 0 Å². The van der Waals surface area contributed by atoms with E-state index in [1.165, 1.54) is 19.2 Å². The van der Waals surface area contributed by atoms with E-state index in [2.05, 4.69) is 5.32 Å². The average Bonchev–Trinajstić information content (AvgIpc) is 2.79. The van der Waals surface area contributed by atoms with Gasteiger partial charge in [-0.3, -0.25) is 14.9 Å². The van der Waals surface area contributed by atoms with Crippen LogP contribution in [-0.4, -0.2) is 56.8 Å². The molecule has 1 amide bonds. The Morgan fingerprint density at radius 3 is 2.52 bits per heavy atom. The monoisotopic (exact) mass is 429 g/mol. The van der Waals surface area contributed by atoms with Gasteiger partial charge in [0.15, 0.2) is 5.75 Å². The lowest BCUT2D eigenvalue weighted by Gasteiger charge is -2.30. The number of nitro benzene ring substituents is 1. The number of nitrogens with one attached hydrogen (secondary N) is 1. The minimum atomic E-state index is -0.615. The van der Waals surface area contributed by atoms with E-state index in [1.54, 1.807) is 25.1 Å². The van der Waals surface area contributed by atoms with Gasteiger partial charge in [0.2, 0.25) is 0 Å². The van der Waals surface area contributed by atoms with Crippen molar-refractivity contribution in [1.82, 2.24) is 0 Å². The van der Waals surface area contributed by atoms with Gasteiger partial charge < -0.3 is 24.4 Å². The van der Waals surface area contributed by atoms with E-state index in [1.807, 2.05) is 4.90 Å². The molecule has 1 N–H and O–H groups in total. The average molecular weight is 429 g/mol. The van der Waals surface area contributed by atoms with Gasteiger partial charge in [-0.2, -0.15) is 0 Å². The molecule has 3 rings (SSSR count). The van der Waals surface area contributed by atoms with Crippen LogP contribution in [0, 0.1) is 10.1 Å². The number of carbonyl (C=O) groups excluding carboxylic acids is 2. The summed E-state index contributed by atoms with van der Waals surface area (Å²) >= 11 is 0. The number of nitrogens with zero attached hydrogens (tertiary/aromatic N) is 2. The number of carbonyl (C=O) groups is 2. The summed E-state index contributed by atoms with van der Waals surface area (Å²) in [5, 5.41) is 14.1. The van der Waals surface area contributed by atoms with Gasteiger partial charge in [-0.05, 0) is 37.3 Å². The van der Waals surface area contributed by atoms with Crippen molar-refractivity contribution in [2.75, 3.05) is 50.2 Å². The van der Waals surface area contributed by atoms with E-state index in [-0.39, 0.29) is 29.2 Å². The molecule has 0 radical (unpaired) electrons. The normalized spacial score (nSPS) is 13.4. The van der Waals surface area contributed by atoms with Gasteiger partial charge in [-0.25, -0.2) is 4.79 Å². The SMILES string of the molecule is CCOC(=O)c1ccc(N2CCOCC2)c(NC(=O)c2ccc(OC)c([N+](=O)[O-])c2)c1. The first-order valence-corrected chi connectivity index (χ1v) is 9.72. The standard InChI is InChI=1S/C21H23N3O7/c1-3-31-21(26)15-4-6-17(23-8-10-30-11-9-23)16(12-15)22-20(25)14-5-7-19(29-2)18(13-14)24(27)28/h4-7,12-13H,3,8-11H2,1-2H3,(H,22,25). The number of ether oxygens (including phenoxy) is 3. The first kappa shape index (κ1) is 22.0. The van der Waals surface area contributed by atoms with Crippen LogP contribution in [0.5, 0.6) is 5.75 Å². The smallest absolute Gasteiger partial charge is 0.338 e. The predicted octanol–water partition coefficient (Wildman–Crippen LogP) is 2.87. The van der Waals surface area contributed by atoms with Gasteiger partial charge in [-0.15, -0.1) is 0 Å². The molecule has 164 valence electrons. The Morgan fingerprint density at radius 1 is 1.16 bits per heavy atom. The van der Waals surface area contributed by atoms with Crippen LogP contribution in [0.1, 0.15) is 27.6 Å². The van der Waals surface area contributed by atoms with E-state index in [0.717, 1.165) is 6.07 Å². The maximum atomic E-state index is 12.9. The summed E-state index contributed by atoms with van der Waals surface area (Å²) < 4.78 is 15.4. The molecule has 1 aliphatic rings. The number of nitro groups is 1. The summed E-state index contributed by atoms with van der Waals surface area (Å²) in [7, 11) is 1.32. The molecular weight excluding hydrogens is 406 g/mol. The number of methoxy groups -OCH3 is 1. The highest BCUT2D eigenvalue weighted by molar-refractivity contribution is 6.07. The number of esters is 1.